The monoisotopic (exact) mass is 649 g/mol. The first kappa shape index (κ1) is 29.8. The van der Waals surface area contributed by atoms with Crippen molar-refractivity contribution in [1.82, 2.24) is 24.8 Å². The minimum atomic E-state index is -0.257. The maximum absolute atomic E-state index is 14.0. The van der Waals surface area contributed by atoms with Gasteiger partial charge in [-0.15, -0.1) is 11.3 Å². The SMILES string of the molecule is COc1ccc(-c2nc(NC(=O)c3csc4nc(-c5ccccn5)nc(N5CCN(C)CC5)c34)sc2-c2ccc(OC)cc2)cc1. The Morgan fingerprint density at radius 2 is 1.54 bits per heavy atom. The first-order chi connectivity index (χ1) is 22.5. The molecule has 1 aliphatic heterocycles. The lowest BCUT2D eigenvalue weighted by Crippen LogP contribution is -2.45. The Hall–Kier alpha value is -4.91. The number of hydrogen-bond donors (Lipinski definition) is 1. The molecule has 0 unspecified atom stereocenters. The van der Waals surface area contributed by atoms with Gasteiger partial charge in [0.05, 0.1) is 35.7 Å². The Bertz CT molecular complexity index is 1920. The Labute approximate surface area is 274 Å². The van der Waals surface area contributed by atoms with E-state index < -0.39 is 0 Å². The molecule has 46 heavy (non-hydrogen) atoms. The van der Waals surface area contributed by atoms with Crippen LogP contribution in [-0.2, 0) is 0 Å². The van der Waals surface area contributed by atoms with E-state index in [9.17, 15) is 4.79 Å². The smallest absolute Gasteiger partial charge is 0.259 e. The average Bonchev–Trinajstić information content (AvgIpc) is 3.73. The number of benzene rings is 2. The highest BCUT2D eigenvalue weighted by Crippen LogP contribution is 2.41. The molecule has 1 amide bonds. The van der Waals surface area contributed by atoms with E-state index >= 15 is 0 Å². The lowest BCUT2D eigenvalue weighted by Gasteiger charge is -2.33. The van der Waals surface area contributed by atoms with Gasteiger partial charge in [0.25, 0.3) is 5.91 Å². The van der Waals surface area contributed by atoms with E-state index in [2.05, 4.69) is 27.1 Å². The first-order valence-electron chi connectivity index (χ1n) is 14.8. The van der Waals surface area contributed by atoms with Gasteiger partial charge >= 0.3 is 0 Å². The van der Waals surface area contributed by atoms with E-state index in [1.807, 2.05) is 72.1 Å². The Morgan fingerprint density at radius 1 is 0.848 bits per heavy atom. The Balaban J connectivity index is 1.27. The molecule has 0 atom stereocenters. The molecule has 1 saturated heterocycles. The normalized spacial score (nSPS) is 13.6. The number of likely N-dealkylation sites (N-methyl/N-ethyl adjacent to an activating group) is 1. The quantitative estimate of drug-likeness (QED) is 0.196. The fraction of sp³-hybridized carbons (Fsp3) is 0.206. The topological polar surface area (TPSA) is 106 Å². The number of hydrogen-bond acceptors (Lipinski definition) is 11. The lowest BCUT2D eigenvalue weighted by molar-refractivity contribution is 0.102. The van der Waals surface area contributed by atoms with Gasteiger partial charge in [-0.05, 0) is 73.3 Å². The number of nitrogens with zero attached hydrogens (tertiary/aromatic N) is 6. The van der Waals surface area contributed by atoms with Gasteiger partial charge in [-0.1, -0.05) is 17.4 Å². The molecular weight excluding hydrogens is 619 g/mol. The van der Waals surface area contributed by atoms with Crippen LogP contribution in [0.15, 0.2) is 78.3 Å². The third-order valence-electron chi connectivity index (χ3n) is 7.92. The van der Waals surface area contributed by atoms with Gasteiger partial charge in [0.15, 0.2) is 11.0 Å². The number of anilines is 2. The summed E-state index contributed by atoms with van der Waals surface area (Å²) in [6.07, 6.45) is 1.74. The third kappa shape index (κ3) is 5.89. The lowest BCUT2D eigenvalue weighted by atomic mass is 10.1. The van der Waals surface area contributed by atoms with Crippen molar-refractivity contribution in [3.63, 3.8) is 0 Å². The number of carbonyl (C=O) groups excluding carboxylic acids is 1. The van der Waals surface area contributed by atoms with Gasteiger partial charge in [-0.3, -0.25) is 15.1 Å². The summed E-state index contributed by atoms with van der Waals surface area (Å²) >= 11 is 2.86. The largest absolute Gasteiger partial charge is 0.497 e. The Kier molecular flexibility index (Phi) is 8.31. The number of fused-ring (bicyclic) bond motifs is 1. The van der Waals surface area contributed by atoms with Crippen LogP contribution in [0.3, 0.4) is 0 Å². The van der Waals surface area contributed by atoms with Gasteiger partial charge in [0.2, 0.25) is 0 Å². The number of thiophene rings is 1. The number of aromatic nitrogens is 4. The van der Waals surface area contributed by atoms with Gasteiger partial charge in [0.1, 0.15) is 27.8 Å². The van der Waals surface area contributed by atoms with Crippen molar-refractivity contribution in [1.29, 1.82) is 0 Å². The molecule has 0 aliphatic carbocycles. The number of pyridine rings is 1. The van der Waals surface area contributed by atoms with Crippen molar-refractivity contribution < 1.29 is 14.3 Å². The minimum absolute atomic E-state index is 0.257. The molecule has 1 N–H and O–H groups in total. The number of nitrogens with one attached hydrogen (secondary N) is 1. The summed E-state index contributed by atoms with van der Waals surface area (Å²) in [4.78, 5) is 39.5. The zero-order valence-electron chi connectivity index (χ0n) is 25.6. The fourth-order valence-electron chi connectivity index (χ4n) is 5.37. The van der Waals surface area contributed by atoms with Crippen LogP contribution in [-0.4, -0.2) is 78.2 Å². The molecule has 0 spiro atoms. The van der Waals surface area contributed by atoms with Crippen LogP contribution < -0.4 is 19.7 Å². The highest BCUT2D eigenvalue weighted by Gasteiger charge is 2.26. The van der Waals surface area contributed by atoms with Crippen LogP contribution in [0.4, 0.5) is 10.9 Å². The van der Waals surface area contributed by atoms with Gasteiger partial charge < -0.3 is 19.3 Å². The predicted octanol–water partition coefficient (Wildman–Crippen LogP) is 6.57. The van der Waals surface area contributed by atoms with Crippen LogP contribution in [0, 0.1) is 0 Å². The van der Waals surface area contributed by atoms with Crippen LogP contribution in [0.2, 0.25) is 0 Å². The summed E-state index contributed by atoms with van der Waals surface area (Å²) in [6.45, 7) is 3.39. The minimum Gasteiger partial charge on any atom is -0.497 e. The number of methoxy groups -OCH3 is 2. The molecule has 0 saturated carbocycles. The number of rotatable bonds is 8. The molecule has 12 heteroatoms. The maximum Gasteiger partial charge on any atom is 0.259 e. The standard InChI is InChI=1S/C34H31N7O3S2/c1-40-16-18-41(19-17-40)31-27-25(20-45-33(27)38-30(37-31)26-6-4-5-15-35-26)32(42)39-34-36-28(21-7-11-23(43-2)12-8-21)29(46-34)22-9-13-24(44-3)14-10-22/h4-15,20H,16-19H2,1-3H3,(H,36,39,42). The Morgan fingerprint density at radius 3 is 2.20 bits per heavy atom. The molecule has 2 aromatic carbocycles. The molecule has 1 fully saturated rings. The highest BCUT2D eigenvalue weighted by molar-refractivity contribution is 7.19. The fourth-order valence-corrected chi connectivity index (χ4v) is 7.27. The van der Waals surface area contributed by atoms with E-state index in [-0.39, 0.29) is 5.91 Å². The summed E-state index contributed by atoms with van der Waals surface area (Å²) in [7, 11) is 5.40. The highest BCUT2D eigenvalue weighted by atomic mass is 32.1. The van der Waals surface area contributed by atoms with Crippen molar-refractivity contribution in [2.24, 2.45) is 0 Å². The summed E-state index contributed by atoms with van der Waals surface area (Å²) in [5.74, 6) is 2.56. The van der Waals surface area contributed by atoms with E-state index in [0.717, 1.165) is 75.4 Å². The second-order valence-electron chi connectivity index (χ2n) is 10.8. The third-order valence-corrected chi connectivity index (χ3v) is 9.81. The van der Waals surface area contributed by atoms with Gasteiger partial charge in [-0.2, -0.15) is 0 Å². The van der Waals surface area contributed by atoms with Crippen LogP contribution in [0.1, 0.15) is 10.4 Å². The maximum atomic E-state index is 14.0. The summed E-state index contributed by atoms with van der Waals surface area (Å²) in [5.41, 5.74) is 3.87. The second kappa shape index (κ2) is 12.8. The number of thiazole rings is 1. The van der Waals surface area contributed by atoms with Gasteiger partial charge in [0, 0.05) is 43.3 Å². The average molecular weight is 650 g/mol. The van der Waals surface area contributed by atoms with Crippen LogP contribution in [0.5, 0.6) is 11.5 Å². The molecule has 4 aromatic heterocycles. The number of ether oxygens (including phenoxy) is 2. The molecule has 6 aromatic rings. The summed E-state index contributed by atoms with van der Waals surface area (Å²) in [5, 5.41) is 6.19. The zero-order valence-corrected chi connectivity index (χ0v) is 27.2. The predicted molar refractivity (Wildman–Crippen MR) is 184 cm³/mol. The summed E-state index contributed by atoms with van der Waals surface area (Å²) in [6, 6.07) is 21.3. The molecule has 10 nitrogen and oxygen atoms in total. The molecule has 232 valence electrons. The number of amides is 1. The van der Waals surface area contributed by atoms with E-state index in [0.29, 0.717) is 22.2 Å². The van der Waals surface area contributed by atoms with Crippen LogP contribution >= 0.6 is 22.7 Å². The molecule has 0 bridgehead atoms. The number of carbonyl (C=O) groups is 1. The van der Waals surface area contributed by atoms with Crippen molar-refractivity contribution in [3.8, 4) is 44.7 Å². The molecule has 1 aliphatic rings. The first-order valence-corrected chi connectivity index (χ1v) is 16.5. The van der Waals surface area contributed by atoms with E-state index in [4.69, 9.17) is 24.4 Å². The molecular formula is C34H31N7O3S2. The van der Waals surface area contributed by atoms with Crippen molar-refractivity contribution >= 4 is 49.7 Å². The number of piperazine rings is 1. The van der Waals surface area contributed by atoms with Gasteiger partial charge in [-0.25, -0.2) is 15.0 Å². The second-order valence-corrected chi connectivity index (χ2v) is 12.7. The molecule has 7 rings (SSSR count). The van der Waals surface area contributed by atoms with Crippen molar-refractivity contribution in [2.45, 2.75) is 0 Å². The zero-order chi connectivity index (χ0) is 31.6. The molecule has 5 heterocycles. The summed E-state index contributed by atoms with van der Waals surface area (Å²) < 4.78 is 10.7. The van der Waals surface area contributed by atoms with Crippen molar-refractivity contribution in [2.75, 3.05) is 57.7 Å². The molecule has 0 radical (unpaired) electrons. The van der Waals surface area contributed by atoms with E-state index in [1.54, 1.807) is 20.4 Å². The van der Waals surface area contributed by atoms with E-state index in [1.165, 1.54) is 22.7 Å². The van der Waals surface area contributed by atoms with Crippen LogP contribution in [0.25, 0.3) is 43.4 Å². The van der Waals surface area contributed by atoms with Crippen molar-refractivity contribution in [3.05, 3.63) is 83.9 Å².